The standard InChI is InChI=1S/C20H18N2O2S2/c1-11-6-3-4-7-14(11)21-19(24)18-12(2)17-13(15-8-5-9-25-15)10-16(23)22-20(17)26-18/h3-9,13H,10H2,1-2H3,(H,21,24)(H,22,23)/t13-/m1/s1. The number of rotatable bonds is 3. The molecular formula is C20H18N2O2S2. The van der Waals surface area contributed by atoms with E-state index in [0.29, 0.717) is 11.3 Å². The van der Waals surface area contributed by atoms with E-state index in [9.17, 15) is 9.59 Å². The van der Waals surface area contributed by atoms with E-state index in [1.54, 1.807) is 11.3 Å². The fourth-order valence-electron chi connectivity index (χ4n) is 3.35. The van der Waals surface area contributed by atoms with Gasteiger partial charge in [0.2, 0.25) is 5.91 Å². The number of hydrogen-bond acceptors (Lipinski definition) is 4. The number of fused-ring (bicyclic) bond motifs is 1. The van der Waals surface area contributed by atoms with Crippen molar-refractivity contribution in [3.05, 3.63) is 68.2 Å². The quantitative estimate of drug-likeness (QED) is 0.658. The number of hydrogen-bond donors (Lipinski definition) is 2. The molecule has 0 aliphatic carbocycles. The Kier molecular flexibility index (Phi) is 4.38. The minimum absolute atomic E-state index is 0.00279. The van der Waals surface area contributed by atoms with Crippen LogP contribution in [-0.2, 0) is 4.79 Å². The van der Waals surface area contributed by atoms with Crippen molar-refractivity contribution < 1.29 is 9.59 Å². The van der Waals surface area contributed by atoms with Gasteiger partial charge in [-0.05, 0) is 48.1 Å². The van der Waals surface area contributed by atoms with E-state index in [1.165, 1.54) is 11.3 Å². The molecule has 0 saturated carbocycles. The number of para-hydroxylation sites is 1. The number of anilines is 2. The van der Waals surface area contributed by atoms with Gasteiger partial charge in [0.25, 0.3) is 5.91 Å². The summed E-state index contributed by atoms with van der Waals surface area (Å²) in [7, 11) is 0. The SMILES string of the molecule is Cc1ccccc1NC(=O)c1sc2c(c1C)[C@@H](c1cccs1)CC(=O)N2. The van der Waals surface area contributed by atoms with E-state index < -0.39 is 0 Å². The maximum absolute atomic E-state index is 12.9. The van der Waals surface area contributed by atoms with Gasteiger partial charge in [-0.25, -0.2) is 0 Å². The van der Waals surface area contributed by atoms with Gasteiger partial charge in [0.05, 0.1) is 9.88 Å². The predicted molar refractivity (Wildman–Crippen MR) is 108 cm³/mol. The normalized spacial score (nSPS) is 16.1. The van der Waals surface area contributed by atoms with Gasteiger partial charge in [-0.2, -0.15) is 0 Å². The molecule has 1 aromatic carbocycles. The van der Waals surface area contributed by atoms with Gasteiger partial charge in [-0.3, -0.25) is 9.59 Å². The lowest BCUT2D eigenvalue weighted by molar-refractivity contribution is -0.116. The van der Waals surface area contributed by atoms with Crippen molar-refractivity contribution in [2.24, 2.45) is 0 Å². The molecule has 0 fully saturated rings. The highest BCUT2D eigenvalue weighted by Gasteiger charge is 2.33. The van der Waals surface area contributed by atoms with E-state index in [1.807, 2.05) is 49.6 Å². The van der Waals surface area contributed by atoms with Crippen molar-refractivity contribution >= 4 is 45.2 Å². The highest BCUT2D eigenvalue weighted by atomic mass is 32.1. The summed E-state index contributed by atoms with van der Waals surface area (Å²) in [5.41, 5.74) is 3.85. The second kappa shape index (κ2) is 6.70. The minimum atomic E-state index is -0.129. The first kappa shape index (κ1) is 17.0. The topological polar surface area (TPSA) is 58.2 Å². The van der Waals surface area contributed by atoms with Crippen LogP contribution >= 0.6 is 22.7 Å². The molecule has 4 nitrogen and oxygen atoms in total. The van der Waals surface area contributed by atoms with Crippen molar-refractivity contribution in [1.29, 1.82) is 0 Å². The van der Waals surface area contributed by atoms with Crippen LogP contribution in [0.15, 0.2) is 41.8 Å². The van der Waals surface area contributed by atoms with Crippen LogP contribution in [0.3, 0.4) is 0 Å². The Bertz CT molecular complexity index is 989. The summed E-state index contributed by atoms with van der Waals surface area (Å²) in [6, 6.07) is 11.8. The van der Waals surface area contributed by atoms with Gasteiger partial charge in [0.15, 0.2) is 0 Å². The number of benzene rings is 1. The minimum Gasteiger partial charge on any atom is -0.321 e. The summed E-state index contributed by atoms with van der Waals surface area (Å²) in [6.07, 6.45) is 0.421. The zero-order valence-electron chi connectivity index (χ0n) is 14.5. The fourth-order valence-corrected chi connectivity index (χ4v) is 5.36. The van der Waals surface area contributed by atoms with Crippen molar-refractivity contribution in [1.82, 2.24) is 0 Å². The molecule has 6 heteroatoms. The predicted octanol–water partition coefficient (Wildman–Crippen LogP) is 5.15. The van der Waals surface area contributed by atoms with Crippen LogP contribution in [0.5, 0.6) is 0 Å². The van der Waals surface area contributed by atoms with Crippen molar-refractivity contribution in [3.8, 4) is 0 Å². The molecule has 0 spiro atoms. The molecule has 1 atom stereocenters. The first-order valence-electron chi connectivity index (χ1n) is 8.38. The Morgan fingerprint density at radius 2 is 2.00 bits per heavy atom. The Morgan fingerprint density at radius 3 is 2.73 bits per heavy atom. The van der Waals surface area contributed by atoms with Crippen molar-refractivity contribution in [2.45, 2.75) is 26.2 Å². The highest BCUT2D eigenvalue weighted by Crippen LogP contribution is 2.46. The number of nitrogens with one attached hydrogen (secondary N) is 2. The molecular weight excluding hydrogens is 364 g/mol. The van der Waals surface area contributed by atoms with Crippen LogP contribution in [0.1, 0.15) is 43.6 Å². The fraction of sp³-hybridized carbons (Fsp3) is 0.200. The number of carbonyl (C=O) groups is 2. The Labute approximate surface area is 159 Å². The smallest absolute Gasteiger partial charge is 0.266 e. The summed E-state index contributed by atoms with van der Waals surface area (Å²) in [5, 5.41) is 8.77. The molecule has 4 rings (SSSR count). The molecule has 2 amide bonds. The third-order valence-corrected chi connectivity index (χ3v) is 6.88. The maximum Gasteiger partial charge on any atom is 0.266 e. The van der Waals surface area contributed by atoms with Gasteiger partial charge in [-0.15, -0.1) is 22.7 Å². The molecule has 2 N–H and O–H groups in total. The lowest BCUT2D eigenvalue weighted by Gasteiger charge is -2.22. The average molecular weight is 383 g/mol. The molecule has 26 heavy (non-hydrogen) atoms. The van der Waals surface area contributed by atoms with Crippen molar-refractivity contribution in [2.75, 3.05) is 10.6 Å². The molecule has 1 aliphatic rings. The second-order valence-electron chi connectivity index (χ2n) is 6.39. The van der Waals surface area contributed by atoms with Crippen LogP contribution < -0.4 is 10.6 Å². The lowest BCUT2D eigenvalue weighted by Crippen LogP contribution is -2.22. The lowest BCUT2D eigenvalue weighted by atomic mass is 9.89. The average Bonchev–Trinajstić information content (AvgIpc) is 3.25. The van der Waals surface area contributed by atoms with Gasteiger partial charge in [-0.1, -0.05) is 24.3 Å². The van der Waals surface area contributed by atoms with E-state index in [4.69, 9.17) is 0 Å². The van der Waals surface area contributed by atoms with Crippen LogP contribution in [0, 0.1) is 13.8 Å². The monoisotopic (exact) mass is 382 g/mol. The summed E-state index contributed by atoms with van der Waals surface area (Å²) in [6.45, 7) is 3.94. The van der Waals surface area contributed by atoms with Crippen molar-refractivity contribution in [3.63, 3.8) is 0 Å². The van der Waals surface area contributed by atoms with Gasteiger partial charge < -0.3 is 10.6 Å². The second-order valence-corrected chi connectivity index (χ2v) is 8.39. The van der Waals surface area contributed by atoms with Gasteiger partial charge >= 0.3 is 0 Å². The van der Waals surface area contributed by atoms with Crippen LogP contribution in [0.2, 0.25) is 0 Å². The van der Waals surface area contributed by atoms with E-state index >= 15 is 0 Å². The molecule has 1 aliphatic heterocycles. The van der Waals surface area contributed by atoms with E-state index in [2.05, 4.69) is 16.7 Å². The third kappa shape index (κ3) is 2.95. The Hall–Kier alpha value is -2.44. The van der Waals surface area contributed by atoms with Crippen LogP contribution in [0.25, 0.3) is 0 Å². The third-order valence-electron chi connectivity index (χ3n) is 4.67. The molecule has 2 aromatic heterocycles. The summed E-state index contributed by atoms with van der Waals surface area (Å²) in [4.78, 5) is 26.8. The molecule has 0 radical (unpaired) electrons. The number of thiophene rings is 2. The maximum atomic E-state index is 12.9. The molecule has 0 bridgehead atoms. The zero-order valence-corrected chi connectivity index (χ0v) is 16.1. The summed E-state index contributed by atoms with van der Waals surface area (Å²) >= 11 is 3.01. The number of aryl methyl sites for hydroxylation is 1. The largest absolute Gasteiger partial charge is 0.321 e. The van der Waals surface area contributed by atoms with E-state index in [0.717, 1.165) is 32.3 Å². The Balaban J connectivity index is 1.71. The molecule has 0 saturated heterocycles. The first-order chi connectivity index (χ1) is 12.5. The molecule has 0 unspecified atom stereocenters. The molecule has 3 aromatic rings. The molecule has 132 valence electrons. The van der Waals surface area contributed by atoms with Crippen LogP contribution in [-0.4, -0.2) is 11.8 Å². The highest BCUT2D eigenvalue weighted by molar-refractivity contribution is 7.18. The number of carbonyl (C=O) groups excluding carboxylic acids is 2. The summed E-state index contributed by atoms with van der Waals surface area (Å²) in [5.74, 6) is -0.103. The zero-order chi connectivity index (χ0) is 18.3. The molecule has 3 heterocycles. The van der Waals surface area contributed by atoms with E-state index in [-0.39, 0.29) is 17.7 Å². The van der Waals surface area contributed by atoms with Gasteiger partial charge in [0.1, 0.15) is 0 Å². The Morgan fingerprint density at radius 1 is 1.19 bits per heavy atom. The van der Waals surface area contributed by atoms with Crippen LogP contribution in [0.4, 0.5) is 10.7 Å². The first-order valence-corrected chi connectivity index (χ1v) is 10.1. The van der Waals surface area contributed by atoms with Gasteiger partial charge in [0, 0.05) is 22.9 Å². The summed E-state index contributed by atoms with van der Waals surface area (Å²) < 4.78 is 0. The number of amides is 2.